The smallest absolute Gasteiger partial charge is 0.252 e. The zero-order valence-electron chi connectivity index (χ0n) is 16.8. The lowest BCUT2D eigenvalue weighted by Crippen LogP contribution is -2.44. The molecular formula is C21H32N2O3S2. The van der Waals surface area contributed by atoms with Crippen LogP contribution in [0.15, 0.2) is 16.3 Å². The van der Waals surface area contributed by atoms with Crippen LogP contribution in [0.1, 0.15) is 69.6 Å². The van der Waals surface area contributed by atoms with Gasteiger partial charge in [-0.15, -0.1) is 11.3 Å². The average Bonchev–Trinajstić information content (AvgIpc) is 3.41. The Balaban J connectivity index is 1.43. The summed E-state index contributed by atoms with van der Waals surface area (Å²) in [5, 5.41) is 0. The molecule has 0 spiro atoms. The van der Waals surface area contributed by atoms with Gasteiger partial charge in [-0.25, -0.2) is 8.42 Å². The van der Waals surface area contributed by atoms with E-state index in [9.17, 15) is 13.2 Å². The third-order valence-electron chi connectivity index (χ3n) is 6.48. The molecule has 1 aromatic rings. The zero-order chi connectivity index (χ0) is 19.7. The molecule has 7 heteroatoms. The number of hydrogen-bond donors (Lipinski definition) is 0. The molecule has 0 atom stereocenters. The Morgan fingerprint density at radius 2 is 1.64 bits per heavy atom. The largest absolute Gasteiger partial charge is 0.336 e. The SMILES string of the molecule is CC1CCC(N(C(=O)Cc2ccc(S(=O)(=O)N3CCCCC3)s2)C2CC2)CC1. The predicted octanol–water partition coefficient (Wildman–Crippen LogP) is 4.03. The minimum absolute atomic E-state index is 0.186. The Morgan fingerprint density at radius 3 is 2.25 bits per heavy atom. The van der Waals surface area contributed by atoms with E-state index in [1.807, 2.05) is 6.07 Å². The number of amides is 1. The van der Waals surface area contributed by atoms with Crippen LogP contribution in [-0.4, -0.2) is 48.7 Å². The molecule has 0 radical (unpaired) electrons. The number of carbonyl (C=O) groups is 1. The quantitative estimate of drug-likeness (QED) is 0.693. The molecule has 2 saturated carbocycles. The van der Waals surface area contributed by atoms with Crippen LogP contribution in [0.4, 0.5) is 0 Å². The molecule has 0 bridgehead atoms. The molecule has 2 heterocycles. The summed E-state index contributed by atoms with van der Waals surface area (Å²) >= 11 is 1.28. The Morgan fingerprint density at radius 1 is 1.04 bits per heavy atom. The second kappa shape index (κ2) is 8.44. The summed E-state index contributed by atoms with van der Waals surface area (Å²) in [5.41, 5.74) is 0. The van der Waals surface area contributed by atoms with Crippen molar-refractivity contribution in [2.24, 2.45) is 5.92 Å². The maximum atomic E-state index is 13.1. The van der Waals surface area contributed by atoms with E-state index in [1.165, 1.54) is 24.2 Å². The van der Waals surface area contributed by atoms with Gasteiger partial charge in [0.25, 0.3) is 10.0 Å². The number of hydrogen-bond acceptors (Lipinski definition) is 4. The third kappa shape index (κ3) is 4.46. The van der Waals surface area contributed by atoms with Crippen LogP contribution in [-0.2, 0) is 21.2 Å². The maximum Gasteiger partial charge on any atom is 0.252 e. The standard InChI is InChI=1S/C21H32N2O3S2/c1-16-5-7-17(8-6-16)23(18-9-10-18)20(24)15-19-11-12-21(27-19)28(25,26)22-13-3-2-4-14-22/h11-12,16-18H,2-10,13-15H2,1H3. The molecule has 2 aliphatic carbocycles. The Bertz CT molecular complexity index is 786. The van der Waals surface area contributed by atoms with E-state index in [4.69, 9.17) is 0 Å². The van der Waals surface area contributed by atoms with Crippen molar-refractivity contribution in [3.63, 3.8) is 0 Å². The fourth-order valence-electron chi connectivity index (χ4n) is 4.64. The van der Waals surface area contributed by atoms with Gasteiger partial charge in [-0.1, -0.05) is 13.3 Å². The van der Waals surface area contributed by atoms with E-state index < -0.39 is 10.0 Å². The first-order valence-electron chi connectivity index (χ1n) is 10.8. The van der Waals surface area contributed by atoms with Gasteiger partial charge in [0.2, 0.25) is 5.91 Å². The molecular weight excluding hydrogens is 392 g/mol. The van der Waals surface area contributed by atoms with Gasteiger partial charge < -0.3 is 4.90 Å². The highest BCUT2D eigenvalue weighted by molar-refractivity contribution is 7.91. The van der Waals surface area contributed by atoms with Crippen LogP contribution in [0, 0.1) is 5.92 Å². The summed E-state index contributed by atoms with van der Waals surface area (Å²) in [6, 6.07) is 4.34. The van der Waals surface area contributed by atoms with Gasteiger partial charge >= 0.3 is 0 Å². The second-order valence-electron chi connectivity index (χ2n) is 8.81. The molecule has 3 fully saturated rings. The maximum absolute atomic E-state index is 13.1. The normalized spacial score (nSPS) is 26.9. The van der Waals surface area contributed by atoms with Crippen LogP contribution in [0.25, 0.3) is 0 Å². The lowest BCUT2D eigenvalue weighted by atomic mass is 9.86. The van der Waals surface area contributed by atoms with E-state index in [2.05, 4.69) is 11.8 Å². The summed E-state index contributed by atoms with van der Waals surface area (Å²) in [6.07, 6.45) is 10.2. The van der Waals surface area contributed by atoms with E-state index in [0.717, 1.165) is 55.7 Å². The molecule has 1 aliphatic heterocycles. The van der Waals surface area contributed by atoms with Crippen LogP contribution in [0.3, 0.4) is 0 Å². The summed E-state index contributed by atoms with van der Waals surface area (Å²) in [4.78, 5) is 16.1. The predicted molar refractivity (Wildman–Crippen MR) is 112 cm³/mol. The number of carbonyl (C=O) groups excluding carboxylic acids is 1. The van der Waals surface area contributed by atoms with Crippen molar-refractivity contribution in [2.45, 2.75) is 87.4 Å². The average molecular weight is 425 g/mol. The van der Waals surface area contributed by atoms with Crippen LogP contribution in [0.5, 0.6) is 0 Å². The first-order valence-corrected chi connectivity index (χ1v) is 13.1. The monoisotopic (exact) mass is 424 g/mol. The molecule has 0 N–H and O–H groups in total. The van der Waals surface area contributed by atoms with E-state index >= 15 is 0 Å². The van der Waals surface area contributed by atoms with Crippen molar-refractivity contribution >= 4 is 27.3 Å². The Hall–Kier alpha value is -0.920. The molecule has 1 saturated heterocycles. The van der Waals surface area contributed by atoms with Crippen LogP contribution >= 0.6 is 11.3 Å². The van der Waals surface area contributed by atoms with Crippen molar-refractivity contribution in [3.05, 3.63) is 17.0 Å². The van der Waals surface area contributed by atoms with Gasteiger partial charge in [0, 0.05) is 30.1 Å². The fourth-order valence-corrected chi connectivity index (χ4v) is 7.66. The Kier molecular flexibility index (Phi) is 6.14. The number of sulfonamides is 1. The number of nitrogens with zero attached hydrogens (tertiary/aromatic N) is 2. The molecule has 1 amide bonds. The minimum Gasteiger partial charge on any atom is -0.336 e. The van der Waals surface area contributed by atoms with E-state index in [1.54, 1.807) is 10.4 Å². The van der Waals surface area contributed by atoms with Crippen molar-refractivity contribution in [1.29, 1.82) is 0 Å². The topological polar surface area (TPSA) is 57.7 Å². The van der Waals surface area contributed by atoms with Crippen molar-refractivity contribution in [1.82, 2.24) is 9.21 Å². The van der Waals surface area contributed by atoms with Gasteiger partial charge in [0.15, 0.2) is 0 Å². The second-order valence-corrected chi connectivity index (χ2v) is 12.1. The lowest BCUT2D eigenvalue weighted by molar-refractivity contribution is -0.134. The van der Waals surface area contributed by atoms with Crippen molar-refractivity contribution in [3.8, 4) is 0 Å². The van der Waals surface area contributed by atoms with Gasteiger partial charge in [-0.3, -0.25) is 4.79 Å². The van der Waals surface area contributed by atoms with Crippen LogP contribution < -0.4 is 0 Å². The first kappa shape index (κ1) is 20.4. The van der Waals surface area contributed by atoms with Gasteiger partial charge in [-0.2, -0.15) is 4.31 Å². The summed E-state index contributed by atoms with van der Waals surface area (Å²) in [6.45, 7) is 3.53. The summed E-state index contributed by atoms with van der Waals surface area (Å²) in [7, 11) is -3.40. The number of piperidine rings is 1. The summed E-state index contributed by atoms with van der Waals surface area (Å²) < 4.78 is 27.7. The van der Waals surface area contributed by atoms with Gasteiger partial charge in [0.1, 0.15) is 4.21 Å². The van der Waals surface area contributed by atoms with E-state index in [-0.39, 0.29) is 5.91 Å². The number of thiophene rings is 1. The molecule has 0 aromatic carbocycles. The minimum atomic E-state index is -3.40. The molecule has 4 rings (SSSR count). The van der Waals surface area contributed by atoms with Crippen molar-refractivity contribution in [2.75, 3.05) is 13.1 Å². The fraction of sp³-hybridized carbons (Fsp3) is 0.762. The molecule has 28 heavy (non-hydrogen) atoms. The highest BCUT2D eigenvalue weighted by Gasteiger charge is 2.38. The molecule has 3 aliphatic rings. The van der Waals surface area contributed by atoms with Crippen LogP contribution in [0.2, 0.25) is 0 Å². The highest BCUT2D eigenvalue weighted by Crippen LogP contribution is 2.36. The third-order valence-corrected chi connectivity index (χ3v) is 9.93. The van der Waals surface area contributed by atoms with E-state index in [0.29, 0.717) is 35.8 Å². The first-order chi connectivity index (χ1) is 13.4. The lowest BCUT2D eigenvalue weighted by Gasteiger charge is -2.36. The van der Waals surface area contributed by atoms with Crippen molar-refractivity contribution < 1.29 is 13.2 Å². The van der Waals surface area contributed by atoms with Gasteiger partial charge in [0.05, 0.1) is 6.42 Å². The summed E-state index contributed by atoms with van der Waals surface area (Å²) in [5.74, 6) is 0.957. The zero-order valence-corrected chi connectivity index (χ0v) is 18.4. The number of rotatable bonds is 6. The van der Waals surface area contributed by atoms with Gasteiger partial charge in [-0.05, 0) is 69.4 Å². The Labute approximate surface area is 173 Å². The molecule has 156 valence electrons. The highest BCUT2D eigenvalue weighted by atomic mass is 32.2. The molecule has 0 unspecified atom stereocenters. The molecule has 5 nitrogen and oxygen atoms in total. The molecule has 1 aromatic heterocycles.